The lowest BCUT2D eigenvalue weighted by Crippen LogP contribution is -2.34. The quantitative estimate of drug-likeness (QED) is 0.119. The molecule has 3 fully saturated rings. The number of carbonyl (C=O) groups excluding carboxylic acids is 4. The third-order valence-corrected chi connectivity index (χ3v) is 19.6. The molecular weight excluding hydrogens is 1180 g/mol. The van der Waals surface area contributed by atoms with Gasteiger partial charge in [-0.05, 0) is 257 Å². The van der Waals surface area contributed by atoms with Crippen molar-refractivity contribution in [2.45, 2.75) is 183 Å². The molecule has 7 aliphatic heterocycles. The Bertz CT molecular complexity index is 3850. The fraction of sp³-hybridized carbons (Fsp3) is 0.468. The molecule has 0 radical (unpaired) electrons. The molecular formula is C79H98ClF2N7O4. The van der Waals surface area contributed by atoms with E-state index in [0.717, 1.165) is 176 Å². The molecule has 0 unspecified atom stereocenters. The topological polar surface area (TPSA) is 97.7 Å². The van der Waals surface area contributed by atoms with Crippen molar-refractivity contribution in [3.05, 3.63) is 199 Å². The van der Waals surface area contributed by atoms with Crippen LogP contribution < -0.4 is 0 Å². The van der Waals surface area contributed by atoms with Crippen LogP contribution >= 0.6 is 11.6 Å². The lowest BCUT2D eigenvalue weighted by molar-refractivity contribution is 0.0907. The zero-order chi connectivity index (χ0) is 65.7. The number of benzene rings is 3. The molecule has 494 valence electrons. The number of rotatable bonds is 11. The fourth-order valence-corrected chi connectivity index (χ4v) is 14.9. The summed E-state index contributed by atoms with van der Waals surface area (Å²) in [4.78, 5) is 56.8. The summed E-state index contributed by atoms with van der Waals surface area (Å²) >= 11 is 6.14. The average Bonchev–Trinajstić information content (AvgIpc) is 1.69. The smallest absolute Gasteiger partial charge is 0.178 e. The van der Waals surface area contributed by atoms with E-state index in [1.54, 1.807) is 18.2 Å². The molecule has 8 aliphatic rings. The molecule has 15 rings (SSSR count). The van der Waals surface area contributed by atoms with E-state index in [9.17, 15) is 28.0 Å². The highest BCUT2D eigenvalue weighted by molar-refractivity contribution is 6.30. The number of hydrogen-bond donors (Lipinski definition) is 0. The molecule has 11 nitrogen and oxygen atoms in total. The summed E-state index contributed by atoms with van der Waals surface area (Å²) < 4.78 is 35.4. The Hall–Kier alpha value is -7.03. The monoisotopic (exact) mass is 1280 g/mol. The van der Waals surface area contributed by atoms with E-state index in [-0.39, 0.29) is 34.8 Å². The Morgan fingerprint density at radius 1 is 0.441 bits per heavy atom. The van der Waals surface area contributed by atoms with Gasteiger partial charge >= 0.3 is 0 Å². The van der Waals surface area contributed by atoms with E-state index >= 15 is 0 Å². The maximum absolute atomic E-state index is 13.4. The Morgan fingerprint density at radius 3 is 1.37 bits per heavy atom. The van der Waals surface area contributed by atoms with Gasteiger partial charge in [0.1, 0.15) is 11.6 Å². The lowest BCUT2D eigenvalue weighted by atomic mass is 9.95. The van der Waals surface area contributed by atoms with Crippen LogP contribution in [0.25, 0.3) is 22.8 Å². The van der Waals surface area contributed by atoms with Crippen LogP contribution in [0.2, 0.25) is 5.02 Å². The maximum Gasteiger partial charge on any atom is 0.178 e. The van der Waals surface area contributed by atoms with Gasteiger partial charge in [-0.15, -0.1) is 0 Å². The summed E-state index contributed by atoms with van der Waals surface area (Å²) in [7, 11) is 0. The molecule has 93 heavy (non-hydrogen) atoms. The van der Waals surface area contributed by atoms with Crippen molar-refractivity contribution in [3.63, 3.8) is 0 Å². The zero-order valence-corrected chi connectivity index (χ0v) is 57.2. The summed E-state index contributed by atoms with van der Waals surface area (Å²) in [6, 6.07) is 24.1. The average molecular weight is 1280 g/mol. The van der Waals surface area contributed by atoms with Crippen LogP contribution in [0.15, 0.2) is 109 Å². The first kappa shape index (κ1) is 68.8. The van der Waals surface area contributed by atoms with Gasteiger partial charge in [-0.3, -0.25) is 33.9 Å². The number of likely N-dealkylation sites (tertiary alicyclic amines) is 3. The number of allylic oxidation sites excluding steroid dienone is 4. The third kappa shape index (κ3) is 16.4. The third-order valence-electron chi connectivity index (χ3n) is 19.4. The SMILES string of the molecule is CC.CCC.CCC(=O)c1cc2n(c1C)-c1ccc(F)cc1CC2.Cc1c(C(=O)CN2CCCCC2)cc2n1-c1ccc(Cl)cc1CC2.O=C(CN1CCCCC1)c1cc2n(c1)-c1ccc(F)cc1CC2.O=C(CN1CCCCC1)c1cc2n(c1)C1=CCCC=C1CC2. The number of fused-ring (bicyclic) bond motifs is 12. The second-order valence-corrected chi connectivity index (χ2v) is 26.5. The predicted octanol–water partition coefficient (Wildman–Crippen LogP) is 17.3. The number of halogens is 3. The molecule has 0 bridgehead atoms. The van der Waals surface area contributed by atoms with Gasteiger partial charge in [0.15, 0.2) is 23.1 Å². The second-order valence-electron chi connectivity index (χ2n) is 26.1. The second kappa shape index (κ2) is 32.4. The van der Waals surface area contributed by atoms with Crippen LogP contribution in [-0.2, 0) is 44.9 Å². The number of ketones is 4. The molecule has 0 spiro atoms. The molecule has 3 aromatic carbocycles. The van der Waals surface area contributed by atoms with Crippen LogP contribution in [0, 0.1) is 25.5 Å². The summed E-state index contributed by atoms with van der Waals surface area (Å²) in [6.07, 6.45) is 31.4. The van der Waals surface area contributed by atoms with Gasteiger partial charge in [0.25, 0.3) is 0 Å². The van der Waals surface area contributed by atoms with E-state index in [1.807, 2.05) is 58.2 Å². The number of hydrogen-bond acceptors (Lipinski definition) is 7. The summed E-state index contributed by atoms with van der Waals surface area (Å²) in [5, 5.41) is 0.781. The predicted molar refractivity (Wildman–Crippen MR) is 374 cm³/mol. The largest absolute Gasteiger partial charge is 0.320 e. The molecule has 0 atom stereocenters. The molecule has 0 saturated carbocycles. The summed E-state index contributed by atoms with van der Waals surface area (Å²) in [5.41, 5.74) is 19.5. The number of piperidine rings is 3. The van der Waals surface area contributed by atoms with E-state index < -0.39 is 0 Å². The van der Waals surface area contributed by atoms with Crippen LogP contribution in [0.3, 0.4) is 0 Å². The highest BCUT2D eigenvalue weighted by Crippen LogP contribution is 2.36. The molecule has 7 aromatic rings. The molecule has 4 aromatic heterocycles. The highest BCUT2D eigenvalue weighted by Gasteiger charge is 2.28. The van der Waals surface area contributed by atoms with Crippen molar-refractivity contribution in [1.29, 1.82) is 0 Å². The molecule has 11 heterocycles. The van der Waals surface area contributed by atoms with Gasteiger partial charge in [0.2, 0.25) is 0 Å². The van der Waals surface area contributed by atoms with Crippen LogP contribution in [-0.4, -0.2) is 115 Å². The fourth-order valence-electron chi connectivity index (χ4n) is 14.7. The van der Waals surface area contributed by atoms with Gasteiger partial charge in [0, 0.05) is 103 Å². The Kier molecular flexibility index (Phi) is 24.0. The van der Waals surface area contributed by atoms with Crippen molar-refractivity contribution in [3.8, 4) is 17.1 Å². The van der Waals surface area contributed by atoms with Crippen molar-refractivity contribution < 1.29 is 28.0 Å². The standard InChI is InChI=1S/C20H23ClN2O.C19H21FN2O.C19H24N2O.C16H16FNO.C3H8.C2H6/c1-14-18(20(24)13-22-9-3-2-4-10-22)12-17-7-5-15-11-16(21)6-8-19(15)23(14)17;20-16-5-7-18-14(10-16)4-6-17-11-15(12-22(17)18)19(23)13-21-8-2-1-3-9-21;22-19(14-20-10-4-1-5-11-20)16-12-17-9-8-15-6-2-3-7-18(15)21(17)13-16;1-3-16(19)14-9-13-6-4-11-8-12(17)5-7-15(11)18(13)10(14)2;1-3-2;1-2/h6,8,11-12H,2-5,7,9-10,13H2,1H3;5,7,10-12H,1-4,6,8-9,13H2;6-7,12-13H,1-5,8-11,14H2;5,7-9H,3-4,6H2,1-2H3;3H2,1-2H3;1-2H3. The van der Waals surface area contributed by atoms with Crippen molar-refractivity contribution in [2.75, 3.05) is 58.9 Å². The number of Topliss-reactive ketones (excluding diaryl/α,β-unsaturated/α-hetero) is 4. The number of carbonyl (C=O) groups is 4. The van der Waals surface area contributed by atoms with Crippen molar-refractivity contribution in [1.82, 2.24) is 33.0 Å². The van der Waals surface area contributed by atoms with Gasteiger partial charge in [-0.1, -0.05) is 84.1 Å². The molecule has 0 amide bonds. The van der Waals surface area contributed by atoms with Crippen LogP contribution in [0.4, 0.5) is 8.78 Å². The van der Waals surface area contributed by atoms with Gasteiger partial charge in [-0.2, -0.15) is 0 Å². The van der Waals surface area contributed by atoms with Gasteiger partial charge in [-0.25, -0.2) is 8.78 Å². The zero-order valence-electron chi connectivity index (χ0n) is 56.4. The normalized spacial score (nSPS) is 16.9. The minimum atomic E-state index is -0.197. The first-order chi connectivity index (χ1) is 45.2. The summed E-state index contributed by atoms with van der Waals surface area (Å²) in [5.74, 6) is 0.510. The van der Waals surface area contributed by atoms with Gasteiger partial charge < -0.3 is 18.3 Å². The Balaban J connectivity index is 0.000000133. The highest BCUT2D eigenvalue weighted by atomic mass is 35.5. The van der Waals surface area contributed by atoms with Crippen molar-refractivity contribution in [2.24, 2.45) is 0 Å². The van der Waals surface area contributed by atoms with Crippen LogP contribution in [0.1, 0.15) is 217 Å². The number of aryl methyl sites for hydroxylation is 7. The van der Waals surface area contributed by atoms with E-state index in [4.69, 9.17) is 11.6 Å². The van der Waals surface area contributed by atoms with E-state index in [0.29, 0.717) is 26.1 Å². The van der Waals surface area contributed by atoms with Crippen LogP contribution in [0.5, 0.6) is 0 Å². The van der Waals surface area contributed by atoms with Gasteiger partial charge in [0.05, 0.1) is 19.6 Å². The molecule has 14 heteroatoms. The maximum atomic E-state index is 13.4. The molecule has 3 saturated heterocycles. The number of nitrogens with zero attached hydrogens (tertiary/aromatic N) is 7. The summed E-state index contributed by atoms with van der Waals surface area (Å²) in [6.45, 7) is 22.1. The van der Waals surface area contributed by atoms with E-state index in [1.165, 1.54) is 110 Å². The first-order valence-electron chi connectivity index (χ1n) is 35.1. The minimum Gasteiger partial charge on any atom is -0.320 e. The molecule has 0 N–H and O–H groups in total. The van der Waals surface area contributed by atoms with E-state index in [2.05, 4.69) is 96.4 Å². The minimum absolute atomic E-state index is 0.170. The first-order valence-corrected chi connectivity index (χ1v) is 35.5. The number of aromatic nitrogens is 4. The van der Waals surface area contributed by atoms with Crippen molar-refractivity contribution >= 4 is 40.4 Å². The Morgan fingerprint density at radius 2 is 0.849 bits per heavy atom. The molecule has 1 aliphatic carbocycles. The Labute approximate surface area is 556 Å². The lowest BCUT2D eigenvalue weighted by Gasteiger charge is -2.25.